The lowest BCUT2D eigenvalue weighted by molar-refractivity contribution is -0.132. The van der Waals surface area contributed by atoms with Gasteiger partial charge in [0.2, 0.25) is 0 Å². The highest BCUT2D eigenvalue weighted by Crippen LogP contribution is 2.29. The number of nitriles is 1. The Hall–Kier alpha value is -2.86. The maximum Gasteiger partial charge on any atom is 0.335 e. The average Bonchev–Trinajstić information content (AvgIpc) is 2.53. The van der Waals surface area contributed by atoms with E-state index < -0.39 is 5.97 Å². The van der Waals surface area contributed by atoms with Crippen LogP contribution in [-0.2, 0) is 4.79 Å². The van der Waals surface area contributed by atoms with Gasteiger partial charge in [0.25, 0.3) is 0 Å². The lowest BCUT2D eigenvalue weighted by atomic mass is 9.91. The number of carboxylic acids is 1. The molecule has 0 aromatic heterocycles. The minimum atomic E-state index is -1.01. The molecule has 0 amide bonds. The van der Waals surface area contributed by atoms with Gasteiger partial charge >= 0.3 is 5.97 Å². The van der Waals surface area contributed by atoms with Gasteiger partial charge in [-0.1, -0.05) is 43.4 Å². The number of nitrogens with zero attached hydrogens (tertiary/aromatic N) is 1. The van der Waals surface area contributed by atoms with Crippen LogP contribution in [0.1, 0.15) is 38.3 Å². The van der Waals surface area contributed by atoms with Gasteiger partial charge < -0.3 is 5.11 Å². The number of hydrogen-bond donors (Lipinski definition) is 1. The van der Waals surface area contributed by atoms with Crippen LogP contribution in [0, 0.1) is 11.3 Å². The molecule has 0 aliphatic rings. The first kappa shape index (κ1) is 18.2. The molecule has 0 heterocycles. The Bertz CT molecular complexity index is 739. The van der Waals surface area contributed by atoms with E-state index in [0.717, 1.165) is 28.7 Å². The molecule has 1 aromatic rings. The minimum Gasteiger partial charge on any atom is -0.478 e. The van der Waals surface area contributed by atoms with Gasteiger partial charge in [-0.2, -0.15) is 5.26 Å². The molecule has 0 bridgehead atoms. The third-order valence-electron chi connectivity index (χ3n) is 3.31. The van der Waals surface area contributed by atoms with Gasteiger partial charge in [0, 0.05) is 0 Å². The predicted octanol–water partition coefficient (Wildman–Crippen LogP) is 4.89. The zero-order chi connectivity index (χ0) is 17.4. The van der Waals surface area contributed by atoms with E-state index in [2.05, 4.69) is 12.6 Å². The Morgan fingerprint density at radius 1 is 1.39 bits per heavy atom. The second kappa shape index (κ2) is 8.55. The van der Waals surface area contributed by atoms with Crippen LogP contribution < -0.4 is 0 Å². The smallest absolute Gasteiger partial charge is 0.335 e. The monoisotopic (exact) mass is 307 g/mol. The fourth-order valence-corrected chi connectivity index (χ4v) is 2.20. The Labute approximate surface area is 137 Å². The number of allylic oxidation sites excluding steroid dienone is 5. The second-order valence-corrected chi connectivity index (χ2v) is 5.24. The molecule has 23 heavy (non-hydrogen) atoms. The largest absolute Gasteiger partial charge is 0.478 e. The zero-order valence-corrected chi connectivity index (χ0v) is 13.8. The summed E-state index contributed by atoms with van der Waals surface area (Å²) in [5, 5.41) is 18.3. The van der Waals surface area contributed by atoms with Crippen molar-refractivity contribution in [1.29, 1.82) is 5.26 Å². The lowest BCUT2D eigenvalue weighted by Gasteiger charge is -2.13. The van der Waals surface area contributed by atoms with Crippen LogP contribution in [0.15, 0.2) is 65.8 Å². The number of hydrogen-bond acceptors (Lipinski definition) is 2. The van der Waals surface area contributed by atoms with Crippen LogP contribution in [0.4, 0.5) is 0 Å². The normalized spacial score (nSPS) is 11.6. The van der Waals surface area contributed by atoms with Gasteiger partial charge in [0.15, 0.2) is 0 Å². The summed E-state index contributed by atoms with van der Waals surface area (Å²) in [6, 6.07) is 9.45. The Balaban J connectivity index is 3.56. The molecule has 118 valence electrons. The van der Waals surface area contributed by atoms with Crippen molar-refractivity contribution >= 4 is 11.5 Å². The summed E-state index contributed by atoms with van der Waals surface area (Å²) in [5.41, 5.74) is 4.35. The predicted molar refractivity (Wildman–Crippen MR) is 93.7 cm³/mol. The SMILES string of the molecule is C=C/C(=C\C(=C(C)C)/C(=C\CC)c1cccc(C#N)c1)C(=O)O. The number of rotatable bonds is 6. The summed E-state index contributed by atoms with van der Waals surface area (Å²) >= 11 is 0. The van der Waals surface area contributed by atoms with Crippen molar-refractivity contribution in [3.05, 3.63) is 76.9 Å². The zero-order valence-electron chi connectivity index (χ0n) is 13.8. The van der Waals surface area contributed by atoms with E-state index in [1.165, 1.54) is 6.08 Å². The Morgan fingerprint density at radius 2 is 2.09 bits per heavy atom. The molecule has 0 unspecified atom stereocenters. The molecule has 0 spiro atoms. The fraction of sp³-hybridized carbons (Fsp3) is 0.200. The van der Waals surface area contributed by atoms with Crippen LogP contribution in [0.25, 0.3) is 5.57 Å². The first-order valence-corrected chi connectivity index (χ1v) is 7.40. The second-order valence-electron chi connectivity index (χ2n) is 5.24. The molecule has 0 radical (unpaired) electrons. The summed E-state index contributed by atoms with van der Waals surface area (Å²) in [7, 11) is 0. The van der Waals surface area contributed by atoms with E-state index in [1.807, 2.05) is 45.0 Å². The van der Waals surface area contributed by atoms with Crippen LogP contribution in [0.5, 0.6) is 0 Å². The molecule has 0 saturated heterocycles. The van der Waals surface area contributed by atoms with Crippen LogP contribution in [0.3, 0.4) is 0 Å². The number of aliphatic carboxylic acids is 1. The van der Waals surface area contributed by atoms with E-state index in [0.29, 0.717) is 5.56 Å². The van der Waals surface area contributed by atoms with Crippen LogP contribution in [-0.4, -0.2) is 11.1 Å². The van der Waals surface area contributed by atoms with Crippen LogP contribution in [0.2, 0.25) is 0 Å². The van der Waals surface area contributed by atoms with Crippen molar-refractivity contribution in [2.24, 2.45) is 0 Å². The molecule has 1 aromatic carbocycles. The van der Waals surface area contributed by atoms with Gasteiger partial charge in [-0.3, -0.25) is 0 Å². The number of carbonyl (C=O) groups is 1. The van der Waals surface area contributed by atoms with Crippen molar-refractivity contribution in [3.8, 4) is 6.07 Å². The van der Waals surface area contributed by atoms with Crippen molar-refractivity contribution in [2.75, 3.05) is 0 Å². The van der Waals surface area contributed by atoms with Crippen molar-refractivity contribution in [1.82, 2.24) is 0 Å². The maximum atomic E-state index is 11.3. The molecule has 0 fully saturated rings. The van der Waals surface area contributed by atoms with Gasteiger partial charge in [-0.15, -0.1) is 0 Å². The summed E-state index contributed by atoms with van der Waals surface area (Å²) in [4.78, 5) is 11.3. The standard InChI is InChI=1S/C20H21NO2/c1-5-8-18(17-10-7-9-15(11-17)13-21)19(14(3)4)12-16(6-2)20(22)23/h6-12H,2,5H2,1,3-4H3,(H,22,23)/b16-12+,18-8-. The van der Waals surface area contributed by atoms with Crippen molar-refractivity contribution in [2.45, 2.75) is 27.2 Å². The Kier molecular flexibility index (Phi) is 6.76. The third-order valence-corrected chi connectivity index (χ3v) is 3.31. The molecular weight excluding hydrogens is 286 g/mol. The molecule has 0 atom stereocenters. The molecule has 0 aliphatic carbocycles. The molecular formula is C20H21NO2. The van der Waals surface area contributed by atoms with Gasteiger partial charge in [-0.25, -0.2) is 4.79 Å². The number of carboxylic acid groups (broad SMARTS) is 1. The highest BCUT2D eigenvalue weighted by Gasteiger charge is 2.11. The molecule has 1 rings (SSSR count). The van der Waals surface area contributed by atoms with E-state index >= 15 is 0 Å². The van der Waals surface area contributed by atoms with E-state index in [9.17, 15) is 9.90 Å². The molecule has 1 N–H and O–H groups in total. The Morgan fingerprint density at radius 3 is 2.57 bits per heavy atom. The summed E-state index contributed by atoms with van der Waals surface area (Å²) in [5.74, 6) is -1.01. The first-order valence-electron chi connectivity index (χ1n) is 7.40. The van der Waals surface area contributed by atoms with Crippen molar-refractivity contribution < 1.29 is 9.90 Å². The fourth-order valence-electron chi connectivity index (χ4n) is 2.20. The third kappa shape index (κ3) is 4.82. The molecule has 3 nitrogen and oxygen atoms in total. The summed E-state index contributed by atoms with van der Waals surface area (Å²) in [6.07, 6.45) is 5.80. The van der Waals surface area contributed by atoms with Gasteiger partial charge in [-0.05, 0) is 55.2 Å². The average molecular weight is 307 g/mol. The van der Waals surface area contributed by atoms with Gasteiger partial charge in [0.05, 0.1) is 17.2 Å². The minimum absolute atomic E-state index is 0.139. The molecule has 0 aliphatic heterocycles. The summed E-state index contributed by atoms with van der Waals surface area (Å²) in [6.45, 7) is 9.46. The van der Waals surface area contributed by atoms with Crippen LogP contribution >= 0.6 is 0 Å². The van der Waals surface area contributed by atoms with Gasteiger partial charge in [0.1, 0.15) is 0 Å². The van der Waals surface area contributed by atoms with E-state index in [1.54, 1.807) is 12.1 Å². The maximum absolute atomic E-state index is 11.3. The quantitative estimate of drug-likeness (QED) is 0.601. The highest BCUT2D eigenvalue weighted by molar-refractivity contribution is 5.93. The van der Waals surface area contributed by atoms with Crippen molar-refractivity contribution in [3.63, 3.8) is 0 Å². The van der Waals surface area contributed by atoms with E-state index in [-0.39, 0.29) is 5.57 Å². The summed E-state index contributed by atoms with van der Waals surface area (Å²) < 4.78 is 0. The molecule has 0 saturated carbocycles. The first-order chi connectivity index (χ1) is 10.9. The van der Waals surface area contributed by atoms with E-state index in [4.69, 9.17) is 5.26 Å². The number of benzene rings is 1. The highest BCUT2D eigenvalue weighted by atomic mass is 16.4. The topological polar surface area (TPSA) is 61.1 Å². The lowest BCUT2D eigenvalue weighted by Crippen LogP contribution is -2.00. The molecule has 3 heteroatoms.